The number of rotatable bonds is 10. The second-order valence-electron chi connectivity index (χ2n) is 11.3. The van der Waals surface area contributed by atoms with Crippen LogP contribution in [-0.2, 0) is 63.8 Å². The van der Waals surface area contributed by atoms with Gasteiger partial charge in [-0.2, -0.15) is 0 Å². The van der Waals surface area contributed by atoms with Crippen LogP contribution in [0.3, 0.4) is 0 Å². The van der Waals surface area contributed by atoms with Crippen molar-refractivity contribution in [1.82, 2.24) is 0 Å². The smallest absolute Gasteiger partial charge is 0.324 e. The summed E-state index contributed by atoms with van der Waals surface area (Å²) in [4.78, 5) is 53.9. The molecule has 0 spiro atoms. The minimum Gasteiger partial charge on any atom is -0.465 e. The zero-order chi connectivity index (χ0) is 30.0. The number of hydrogen-bond acceptors (Lipinski definition) is 8. The van der Waals surface area contributed by atoms with E-state index in [9.17, 15) is 19.2 Å². The molecule has 0 amide bonds. The zero-order valence-corrected chi connectivity index (χ0v) is 25.9. The van der Waals surface area contributed by atoms with Crippen molar-refractivity contribution >= 4 is 42.3 Å². The molecule has 8 nitrogen and oxygen atoms in total. The molecular formula is C32H40O8Si. The van der Waals surface area contributed by atoms with Crippen molar-refractivity contribution < 1.29 is 38.1 Å². The van der Waals surface area contributed by atoms with Crippen LogP contribution in [0.1, 0.15) is 49.9 Å². The topological polar surface area (TPSA) is 105 Å². The highest BCUT2D eigenvalue weighted by atomic mass is 28.3. The Balaban J connectivity index is 1.97. The van der Waals surface area contributed by atoms with E-state index < -0.39 is 42.8 Å². The average Bonchev–Trinajstić information content (AvgIpc) is 3.55. The number of ether oxygens (including phenoxy) is 4. The average molecular weight is 581 g/mol. The molecule has 0 atom stereocenters. The van der Waals surface area contributed by atoms with Crippen molar-refractivity contribution in [2.45, 2.75) is 66.5 Å². The number of carbonyl (C=O) groups is 4. The van der Waals surface area contributed by atoms with Crippen molar-refractivity contribution in [2.75, 3.05) is 26.4 Å². The molecule has 0 N–H and O–H groups in total. The van der Waals surface area contributed by atoms with Crippen LogP contribution in [0.4, 0.5) is 0 Å². The molecule has 9 heteroatoms. The number of fused-ring (bicyclic) bond motifs is 3. The summed E-state index contributed by atoms with van der Waals surface area (Å²) >= 11 is 0. The first kappa shape index (κ1) is 30.5. The molecule has 0 aliphatic heterocycles. The Kier molecular flexibility index (Phi) is 8.78. The SMILES string of the molecule is CCOC(=O)C1(C(=O)OCC)Cc2cc([Si](C)(C)c3ccccc3)c3c(c2C1)CC(C(=O)OCC)(C(=O)OCC)C3. The molecule has 220 valence electrons. The first-order chi connectivity index (χ1) is 19.5. The highest BCUT2D eigenvalue weighted by molar-refractivity contribution is 7.00. The normalized spacial score (nSPS) is 16.3. The quantitative estimate of drug-likeness (QED) is 0.183. The Morgan fingerprint density at radius 2 is 1.05 bits per heavy atom. The fourth-order valence-corrected chi connectivity index (χ4v) is 9.29. The molecule has 2 aromatic carbocycles. The number of hydrogen-bond donors (Lipinski definition) is 0. The van der Waals surface area contributed by atoms with Gasteiger partial charge in [0.05, 0.1) is 26.4 Å². The Labute approximate surface area is 242 Å². The Hall–Kier alpha value is -3.46. The van der Waals surface area contributed by atoms with Gasteiger partial charge >= 0.3 is 23.9 Å². The monoisotopic (exact) mass is 580 g/mol. The van der Waals surface area contributed by atoms with E-state index >= 15 is 0 Å². The van der Waals surface area contributed by atoms with Crippen LogP contribution in [0.2, 0.25) is 13.1 Å². The maximum absolute atomic E-state index is 13.5. The minimum atomic E-state index is -2.39. The molecule has 0 bridgehead atoms. The second-order valence-corrected chi connectivity index (χ2v) is 15.6. The van der Waals surface area contributed by atoms with E-state index in [4.69, 9.17) is 18.9 Å². The molecule has 0 saturated heterocycles. The molecule has 0 unspecified atom stereocenters. The van der Waals surface area contributed by atoms with E-state index in [2.05, 4.69) is 31.3 Å². The lowest BCUT2D eigenvalue weighted by Gasteiger charge is -2.28. The summed E-state index contributed by atoms with van der Waals surface area (Å²) in [5, 5.41) is 2.25. The van der Waals surface area contributed by atoms with E-state index in [1.54, 1.807) is 27.7 Å². The third-order valence-corrected chi connectivity index (χ3v) is 12.1. The summed E-state index contributed by atoms with van der Waals surface area (Å²) in [7, 11) is -2.39. The lowest BCUT2D eigenvalue weighted by molar-refractivity contribution is -0.173. The van der Waals surface area contributed by atoms with Gasteiger partial charge in [0, 0.05) is 12.8 Å². The second kappa shape index (κ2) is 11.8. The summed E-state index contributed by atoms with van der Waals surface area (Å²) in [5.41, 5.74) is 0.314. The molecule has 2 aromatic rings. The summed E-state index contributed by atoms with van der Waals surface area (Å²) in [6.45, 7) is 11.8. The van der Waals surface area contributed by atoms with Crippen molar-refractivity contribution in [3.8, 4) is 0 Å². The van der Waals surface area contributed by atoms with Crippen LogP contribution in [-0.4, -0.2) is 58.4 Å². The molecule has 0 radical (unpaired) electrons. The Morgan fingerprint density at radius 1 is 0.634 bits per heavy atom. The van der Waals surface area contributed by atoms with Crippen molar-refractivity contribution in [1.29, 1.82) is 0 Å². The molecule has 0 aromatic heterocycles. The van der Waals surface area contributed by atoms with Gasteiger partial charge in [-0.1, -0.05) is 59.9 Å². The molecule has 0 fully saturated rings. The zero-order valence-electron chi connectivity index (χ0n) is 24.9. The van der Waals surface area contributed by atoms with E-state index in [0.29, 0.717) is 0 Å². The maximum atomic E-state index is 13.5. The maximum Gasteiger partial charge on any atom is 0.324 e. The van der Waals surface area contributed by atoms with Gasteiger partial charge < -0.3 is 18.9 Å². The van der Waals surface area contributed by atoms with Crippen LogP contribution in [0, 0.1) is 10.8 Å². The largest absolute Gasteiger partial charge is 0.465 e. The van der Waals surface area contributed by atoms with Gasteiger partial charge in [0.1, 0.15) is 8.07 Å². The first-order valence-electron chi connectivity index (χ1n) is 14.4. The summed E-state index contributed by atoms with van der Waals surface area (Å²) < 4.78 is 21.8. The predicted octanol–water partition coefficient (Wildman–Crippen LogP) is 2.93. The van der Waals surface area contributed by atoms with Crippen molar-refractivity contribution in [3.05, 3.63) is 58.7 Å². The van der Waals surface area contributed by atoms with Gasteiger partial charge in [-0.3, -0.25) is 19.2 Å². The van der Waals surface area contributed by atoms with Crippen molar-refractivity contribution in [2.24, 2.45) is 10.8 Å². The molecule has 4 rings (SSSR count). The van der Waals surface area contributed by atoms with Gasteiger partial charge in [-0.25, -0.2) is 0 Å². The molecule has 2 aliphatic carbocycles. The fourth-order valence-electron chi connectivity index (χ4n) is 6.42. The van der Waals surface area contributed by atoms with Gasteiger partial charge in [-0.15, -0.1) is 0 Å². The highest BCUT2D eigenvalue weighted by Gasteiger charge is 2.59. The summed E-state index contributed by atoms with van der Waals surface area (Å²) in [6.07, 6.45) is 0.428. The van der Waals surface area contributed by atoms with Gasteiger partial charge in [0.2, 0.25) is 0 Å². The van der Waals surface area contributed by atoms with Crippen LogP contribution in [0.25, 0.3) is 0 Å². The Morgan fingerprint density at radius 3 is 1.51 bits per heavy atom. The van der Waals surface area contributed by atoms with E-state index in [0.717, 1.165) is 27.4 Å². The third kappa shape index (κ3) is 5.09. The summed E-state index contributed by atoms with van der Waals surface area (Å²) in [5.74, 6) is -2.48. The molecule has 41 heavy (non-hydrogen) atoms. The lowest BCUT2D eigenvalue weighted by Crippen LogP contribution is -2.54. The Bertz CT molecular complexity index is 1310. The number of carbonyl (C=O) groups excluding carboxylic acids is 4. The van der Waals surface area contributed by atoms with Crippen LogP contribution >= 0.6 is 0 Å². The highest BCUT2D eigenvalue weighted by Crippen LogP contribution is 2.48. The minimum absolute atomic E-state index is 0.0805. The fraction of sp³-hybridized carbons (Fsp3) is 0.500. The van der Waals surface area contributed by atoms with Crippen LogP contribution in [0.15, 0.2) is 36.4 Å². The molecule has 0 heterocycles. The predicted molar refractivity (Wildman–Crippen MR) is 156 cm³/mol. The van der Waals surface area contributed by atoms with Crippen LogP contribution in [0.5, 0.6) is 0 Å². The van der Waals surface area contributed by atoms with E-state index in [-0.39, 0.29) is 52.1 Å². The van der Waals surface area contributed by atoms with Gasteiger partial charge in [-0.05, 0) is 62.8 Å². The van der Waals surface area contributed by atoms with Crippen LogP contribution < -0.4 is 10.4 Å². The number of esters is 4. The standard InChI is InChI=1S/C32H40O8Si/c1-7-37-27(33)31(28(34)38-8-2)17-21-16-26(41(5,6)22-14-12-11-13-15-22)25-20-32(29(35)39-9-3,30(36)40-10-4)19-24(25)23(21)18-31/h11-16H,7-10,17-20H2,1-6H3. The van der Waals surface area contributed by atoms with Crippen molar-refractivity contribution in [3.63, 3.8) is 0 Å². The third-order valence-electron chi connectivity index (χ3n) is 8.52. The van der Waals surface area contributed by atoms with Gasteiger partial charge in [0.15, 0.2) is 10.8 Å². The molecule has 2 aliphatic rings. The van der Waals surface area contributed by atoms with Gasteiger partial charge in [0.25, 0.3) is 0 Å². The lowest BCUT2D eigenvalue weighted by atomic mass is 9.83. The molecule has 0 saturated carbocycles. The van der Waals surface area contributed by atoms with E-state index in [1.165, 1.54) is 5.19 Å². The number of benzene rings is 2. The molecular weight excluding hydrogens is 540 g/mol. The summed E-state index contributed by atoms with van der Waals surface area (Å²) in [6, 6.07) is 12.3. The first-order valence-corrected chi connectivity index (χ1v) is 17.4. The van der Waals surface area contributed by atoms with E-state index in [1.807, 2.05) is 18.2 Å².